The number of aromatic nitrogens is 1. The summed E-state index contributed by atoms with van der Waals surface area (Å²) in [6.07, 6.45) is 4.71. The zero-order valence-corrected chi connectivity index (χ0v) is 14.1. The van der Waals surface area contributed by atoms with Crippen molar-refractivity contribution < 1.29 is 13.2 Å². The number of anilines is 1. The molecule has 1 saturated carbocycles. The third-order valence-corrected chi connectivity index (χ3v) is 6.44. The van der Waals surface area contributed by atoms with Gasteiger partial charge in [0.25, 0.3) is 0 Å². The van der Waals surface area contributed by atoms with Crippen LogP contribution in [0.3, 0.4) is 0 Å². The zero-order valence-electron chi connectivity index (χ0n) is 13.2. The molecule has 1 heterocycles. The average molecular weight is 332 g/mol. The van der Waals surface area contributed by atoms with E-state index in [2.05, 4.69) is 9.71 Å². The molecule has 1 fully saturated rings. The number of methoxy groups -OCH3 is 1. The number of aryl methyl sites for hydroxylation is 1. The van der Waals surface area contributed by atoms with Gasteiger partial charge in [0.1, 0.15) is 4.75 Å². The van der Waals surface area contributed by atoms with Gasteiger partial charge in [-0.2, -0.15) is 0 Å². The Morgan fingerprint density at radius 3 is 2.48 bits per heavy atom. The number of sulfonamides is 1. The van der Waals surface area contributed by atoms with Gasteiger partial charge in [0.2, 0.25) is 10.0 Å². The van der Waals surface area contributed by atoms with Gasteiger partial charge < -0.3 is 4.74 Å². The van der Waals surface area contributed by atoms with Gasteiger partial charge in [-0.1, -0.05) is 12.1 Å². The fourth-order valence-corrected chi connectivity index (χ4v) is 4.24. The molecular formula is C17H20N2O3S. The second-order valence-corrected chi connectivity index (χ2v) is 8.06. The minimum absolute atomic E-state index is 0.228. The fraction of sp³-hybridized carbons (Fsp3) is 0.353. The highest BCUT2D eigenvalue weighted by Gasteiger charge is 2.55. The van der Waals surface area contributed by atoms with Crippen LogP contribution in [-0.4, -0.2) is 31.9 Å². The van der Waals surface area contributed by atoms with E-state index in [0.29, 0.717) is 18.5 Å². The number of benzene rings is 1. The lowest BCUT2D eigenvalue weighted by molar-refractivity contribution is 0.192. The van der Waals surface area contributed by atoms with E-state index in [1.807, 2.05) is 37.3 Å². The molecule has 0 bridgehead atoms. The van der Waals surface area contributed by atoms with Crippen LogP contribution in [0.5, 0.6) is 0 Å². The van der Waals surface area contributed by atoms with Crippen molar-refractivity contribution in [2.45, 2.75) is 24.5 Å². The van der Waals surface area contributed by atoms with Gasteiger partial charge in [-0.3, -0.25) is 9.71 Å². The van der Waals surface area contributed by atoms with Gasteiger partial charge in [0, 0.05) is 19.5 Å². The summed E-state index contributed by atoms with van der Waals surface area (Å²) in [4.78, 5) is 4.01. The first-order valence-corrected chi connectivity index (χ1v) is 8.98. The molecule has 1 aromatic heterocycles. The molecule has 1 N–H and O–H groups in total. The first-order chi connectivity index (χ1) is 11.0. The first kappa shape index (κ1) is 16.0. The molecule has 0 aliphatic heterocycles. The molecule has 1 aliphatic carbocycles. The lowest BCUT2D eigenvalue weighted by Gasteiger charge is -2.18. The van der Waals surface area contributed by atoms with Crippen molar-refractivity contribution in [3.05, 3.63) is 48.3 Å². The molecule has 0 atom stereocenters. The maximum atomic E-state index is 12.7. The normalized spacial score (nSPS) is 16.1. The lowest BCUT2D eigenvalue weighted by atomic mass is 10.0. The van der Waals surface area contributed by atoms with Gasteiger partial charge >= 0.3 is 0 Å². The molecule has 0 amide bonds. The molecule has 0 radical (unpaired) electrons. The van der Waals surface area contributed by atoms with E-state index < -0.39 is 14.8 Å². The largest absolute Gasteiger partial charge is 0.383 e. The Bertz CT molecular complexity index is 800. The lowest BCUT2D eigenvalue weighted by Crippen LogP contribution is -2.33. The number of nitrogens with one attached hydrogen (secondary N) is 1. The summed E-state index contributed by atoms with van der Waals surface area (Å²) in [7, 11) is -1.94. The summed E-state index contributed by atoms with van der Waals surface area (Å²) in [5.74, 6) is 0. The number of ether oxygens (including phenoxy) is 1. The predicted octanol–water partition coefficient (Wildman–Crippen LogP) is 2.98. The van der Waals surface area contributed by atoms with Crippen LogP contribution in [0, 0.1) is 6.92 Å². The standard InChI is InChI=1S/C17H20N2O3S/c1-13-3-4-15(14-5-9-18-10-6-14)11-16(13)19-23(20,21)17(7-8-17)12-22-2/h3-6,9-11,19H,7-8,12H2,1-2H3. The van der Waals surface area contributed by atoms with Gasteiger partial charge in [-0.25, -0.2) is 8.42 Å². The maximum absolute atomic E-state index is 12.7. The second-order valence-electron chi connectivity index (χ2n) is 5.99. The van der Waals surface area contributed by atoms with Crippen molar-refractivity contribution >= 4 is 15.7 Å². The van der Waals surface area contributed by atoms with E-state index in [0.717, 1.165) is 16.7 Å². The Kier molecular flexibility index (Phi) is 4.12. The van der Waals surface area contributed by atoms with E-state index in [1.165, 1.54) is 7.11 Å². The van der Waals surface area contributed by atoms with Gasteiger partial charge in [-0.15, -0.1) is 0 Å². The van der Waals surface area contributed by atoms with Crippen molar-refractivity contribution in [2.75, 3.05) is 18.4 Å². The van der Waals surface area contributed by atoms with Crippen LogP contribution in [0.25, 0.3) is 11.1 Å². The topological polar surface area (TPSA) is 68.3 Å². The van der Waals surface area contributed by atoms with Crippen LogP contribution < -0.4 is 4.72 Å². The summed E-state index contributed by atoms with van der Waals surface area (Å²) in [5, 5.41) is 0. The van der Waals surface area contributed by atoms with E-state index in [-0.39, 0.29) is 6.61 Å². The number of hydrogen-bond acceptors (Lipinski definition) is 4. The quantitative estimate of drug-likeness (QED) is 0.883. The van der Waals surface area contributed by atoms with Crippen molar-refractivity contribution in [3.8, 4) is 11.1 Å². The third kappa shape index (κ3) is 3.09. The molecule has 0 saturated heterocycles. The smallest absolute Gasteiger partial charge is 0.240 e. The molecule has 5 nitrogen and oxygen atoms in total. The Labute approximate surface area is 136 Å². The van der Waals surface area contributed by atoms with E-state index >= 15 is 0 Å². The second kappa shape index (κ2) is 5.94. The minimum Gasteiger partial charge on any atom is -0.383 e. The van der Waals surface area contributed by atoms with Crippen LogP contribution in [0.15, 0.2) is 42.7 Å². The molecule has 1 aromatic carbocycles. The van der Waals surface area contributed by atoms with E-state index in [9.17, 15) is 8.42 Å². The van der Waals surface area contributed by atoms with Crippen LogP contribution >= 0.6 is 0 Å². The predicted molar refractivity (Wildman–Crippen MR) is 90.8 cm³/mol. The summed E-state index contributed by atoms with van der Waals surface area (Å²) in [5.41, 5.74) is 3.45. The zero-order chi connectivity index (χ0) is 16.5. The number of hydrogen-bond donors (Lipinski definition) is 1. The third-order valence-electron chi connectivity index (χ3n) is 4.28. The number of nitrogens with zero attached hydrogens (tertiary/aromatic N) is 1. The molecule has 23 heavy (non-hydrogen) atoms. The molecule has 6 heteroatoms. The summed E-state index contributed by atoms with van der Waals surface area (Å²) < 4.78 is 32.4. The molecule has 0 unspecified atom stereocenters. The van der Waals surface area contributed by atoms with Crippen LogP contribution in [0.2, 0.25) is 0 Å². The van der Waals surface area contributed by atoms with Crippen molar-refractivity contribution in [2.24, 2.45) is 0 Å². The van der Waals surface area contributed by atoms with Crippen molar-refractivity contribution in [1.29, 1.82) is 0 Å². The summed E-state index contributed by atoms with van der Waals surface area (Å²) in [6.45, 7) is 2.12. The highest BCUT2D eigenvalue weighted by Crippen LogP contribution is 2.44. The minimum atomic E-state index is -3.47. The monoisotopic (exact) mass is 332 g/mol. The summed E-state index contributed by atoms with van der Waals surface area (Å²) in [6, 6.07) is 9.56. The highest BCUT2D eigenvalue weighted by atomic mass is 32.2. The SMILES string of the molecule is COCC1(S(=O)(=O)Nc2cc(-c3ccncc3)ccc2C)CC1. The number of pyridine rings is 1. The van der Waals surface area contributed by atoms with Crippen molar-refractivity contribution in [1.82, 2.24) is 4.98 Å². The Balaban J connectivity index is 1.92. The summed E-state index contributed by atoms with van der Waals surface area (Å²) >= 11 is 0. The van der Waals surface area contributed by atoms with Crippen LogP contribution in [0.1, 0.15) is 18.4 Å². The maximum Gasteiger partial charge on any atom is 0.240 e. The van der Waals surface area contributed by atoms with Crippen LogP contribution in [-0.2, 0) is 14.8 Å². The van der Waals surface area contributed by atoms with Crippen LogP contribution in [0.4, 0.5) is 5.69 Å². The molecule has 3 rings (SSSR count). The molecule has 0 spiro atoms. The number of rotatable bonds is 6. The Morgan fingerprint density at radius 1 is 1.17 bits per heavy atom. The average Bonchev–Trinajstić information content (AvgIpc) is 3.32. The van der Waals surface area contributed by atoms with Crippen molar-refractivity contribution in [3.63, 3.8) is 0 Å². The fourth-order valence-electron chi connectivity index (χ4n) is 2.60. The van der Waals surface area contributed by atoms with E-state index in [1.54, 1.807) is 12.4 Å². The van der Waals surface area contributed by atoms with Gasteiger partial charge in [-0.05, 0) is 54.7 Å². The first-order valence-electron chi connectivity index (χ1n) is 7.50. The Hall–Kier alpha value is -1.92. The molecule has 122 valence electrons. The van der Waals surface area contributed by atoms with Gasteiger partial charge in [0.15, 0.2) is 0 Å². The molecule has 2 aromatic rings. The van der Waals surface area contributed by atoms with Gasteiger partial charge in [0.05, 0.1) is 12.3 Å². The highest BCUT2D eigenvalue weighted by molar-refractivity contribution is 7.94. The Morgan fingerprint density at radius 2 is 1.87 bits per heavy atom. The molecule has 1 aliphatic rings. The molecular weight excluding hydrogens is 312 g/mol. The van der Waals surface area contributed by atoms with E-state index in [4.69, 9.17) is 4.74 Å².